The first-order chi connectivity index (χ1) is 11.3. The Morgan fingerprint density at radius 2 is 1.88 bits per heavy atom. The van der Waals surface area contributed by atoms with Crippen molar-refractivity contribution >= 4 is 17.6 Å². The minimum Gasteiger partial charge on any atom is -0.480 e. The molecule has 0 bridgehead atoms. The van der Waals surface area contributed by atoms with Crippen LogP contribution in [0.2, 0.25) is 5.02 Å². The third kappa shape index (κ3) is 4.61. The van der Waals surface area contributed by atoms with E-state index in [9.17, 15) is 4.79 Å². The number of hydrogen-bond donors (Lipinski definition) is 1. The Hall–Kier alpha value is -2.28. The highest BCUT2D eigenvalue weighted by Crippen LogP contribution is 2.32. The van der Waals surface area contributed by atoms with Crippen LogP contribution in [0.3, 0.4) is 0 Å². The molecule has 0 saturated heterocycles. The molecule has 24 heavy (non-hydrogen) atoms. The maximum Gasteiger partial charge on any atom is 0.329 e. The molecule has 1 N–H and O–H groups in total. The van der Waals surface area contributed by atoms with Crippen LogP contribution in [0.25, 0.3) is 11.1 Å². The number of hydrogen-bond acceptors (Lipinski definition) is 2. The second kappa shape index (κ2) is 7.53. The van der Waals surface area contributed by atoms with E-state index in [4.69, 9.17) is 21.4 Å². The lowest BCUT2D eigenvalue weighted by Crippen LogP contribution is -2.25. The van der Waals surface area contributed by atoms with Gasteiger partial charge in [0.15, 0.2) is 0 Å². The van der Waals surface area contributed by atoms with Crippen molar-refractivity contribution in [1.82, 2.24) is 0 Å². The van der Waals surface area contributed by atoms with Crippen molar-refractivity contribution in [2.45, 2.75) is 26.4 Å². The summed E-state index contributed by atoms with van der Waals surface area (Å²) in [6.07, 6.45) is 0. The summed E-state index contributed by atoms with van der Waals surface area (Å²) in [6.45, 7) is 5.01. The maximum absolute atomic E-state index is 10.6. The van der Waals surface area contributed by atoms with Gasteiger partial charge in [0.2, 0.25) is 0 Å². The van der Waals surface area contributed by atoms with Crippen molar-refractivity contribution in [3.8, 4) is 23.0 Å². The van der Waals surface area contributed by atoms with E-state index < -0.39 is 18.2 Å². The fourth-order valence-electron chi connectivity index (χ4n) is 2.16. The molecule has 2 rings (SSSR count). The molecule has 0 atom stereocenters. The Morgan fingerprint density at radius 1 is 1.21 bits per heavy atom. The topological polar surface area (TPSA) is 46.5 Å². The summed E-state index contributed by atoms with van der Waals surface area (Å²) in [5.74, 6) is 5.00. The molecule has 2 aromatic rings. The number of carboxylic acid groups (broad SMARTS) is 1. The van der Waals surface area contributed by atoms with E-state index in [2.05, 4.69) is 11.8 Å². The van der Waals surface area contributed by atoms with Crippen molar-refractivity contribution < 1.29 is 14.6 Å². The van der Waals surface area contributed by atoms with E-state index in [1.165, 1.54) is 0 Å². The smallest absolute Gasteiger partial charge is 0.329 e. The molecule has 0 radical (unpaired) electrons. The van der Waals surface area contributed by atoms with Gasteiger partial charge in [0.1, 0.15) is 12.2 Å². The Kier molecular flexibility index (Phi) is 5.66. The highest BCUT2D eigenvalue weighted by Gasteiger charge is 2.17. The van der Waals surface area contributed by atoms with E-state index in [1.54, 1.807) is 13.8 Å². The van der Waals surface area contributed by atoms with Crippen LogP contribution in [-0.2, 0) is 9.53 Å². The van der Waals surface area contributed by atoms with E-state index in [0.29, 0.717) is 5.02 Å². The van der Waals surface area contributed by atoms with Crippen LogP contribution in [0.5, 0.6) is 0 Å². The quantitative estimate of drug-likeness (QED) is 0.829. The largest absolute Gasteiger partial charge is 0.480 e. The van der Waals surface area contributed by atoms with Crippen molar-refractivity contribution in [2.75, 3.05) is 6.61 Å². The second-order valence-corrected chi connectivity index (χ2v) is 6.31. The highest BCUT2D eigenvalue weighted by molar-refractivity contribution is 6.34. The van der Waals surface area contributed by atoms with Gasteiger partial charge >= 0.3 is 5.97 Å². The van der Waals surface area contributed by atoms with Crippen LogP contribution < -0.4 is 0 Å². The van der Waals surface area contributed by atoms with Crippen molar-refractivity contribution in [3.63, 3.8) is 0 Å². The molecule has 0 aliphatic heterocycles. The van der Waals surface area contributed by atoms with Gasteiger partial charge in [0.25, 0.3) is 0 Å². The molecule has 124 valence electrons. The summed E-state index contributed by atoms with van der Waals surface area (Å²) in [5, 5.41) is 9.30. The molecule has 0 aliphatic rings. The molecule has 0 unspecified atom stereocenters. The average Bonchev–Trinajstić information content (AvgIpc) is 2.54. The van der Waals surface area contributed by atoms with Crippen LogP contribution in [-0.4, -0.2) is 23.3 Å². The predicted molar refractivity (Wildman–Crippen MR) is 96.2 cm³/mol. The predicted octanol–water partition coefficient (Wildman–Crippen LogP) is 4.55. The van der Waals surface area contributed by atoms with E-state index in [1.807, 2.05) is 49.4 Å². The second-order valence-electron chi connectivity index (χ2n) is 5.93. The number of benzene rings is 2. The Balaban J connectivity index is 2.38. The molecule has 4 heteroatoms. The molecule has 3 nitrogen and oxygen atoms in total. The monoisotopic (exact) mass is 342 g/mol. The molecular weight excluding hydrogens is 324 g/mol. The number of aryl methyl sites for hydroxylation is 1. The zero-order chi connectivity index (χ0) is 17.7. The molecule has 0 aliphatic carbocycles. The van der Waals surface area contributed by atoms with Gasteiger partial charge in [-0.1, -0.05) is 65.9 Å². The van der Waals surface area contributed by atoms with Crippen LogP contribution in [0.1, 0.15) is 25.0 Å². The van der Waals surface area contributed by atoms with E-state index >= 15 is 0 Å². The van der Waals surface area contributed by atoms with Crippen molar-refractivity contribution in [3.05, 3.63) is 58.6 Å². The molecule has 0 spiro atoms. The van der Waals surface area contributed by atoms with Gasteiger partial charge in [-0.2, -0.15) is 0 Å². The first-order valence-electron chi connectivity index (χ1n) is 7.53. The minimum atomic E-state index is -1.02. The Labute approximate surface area is 147 Å². The molecule has 2 aromatic carbocycles. The third-order valence-corrected chi connectivity index (χ3v) is 3.87. The highest BCUT2D eigenvalue weighted by atomic mass is 35.5. The number of halogens is 1. The fourth-order valence-corrected chi connectivity index (χ4v) is 2.53. The summed E-state index contributed by atoms with van der Waals surface area (Å²) in [6, 6.07) is 13.8. The van der Waals surface area contributed by atoms with Gasteiger partial charge in [0.05, 0.1) is 5.02 Å². The first-order valence-corrected chi connectivity index (χ1v) is 7.91. The van der Waals surface area contributed by atoms with Gasteiger partial charge in [-0.15, -0.1) is 0 Å². The van der Waals surface area contributed by atoms with Crippen molar-refractivity contribution in [1.29, 1.82) is 0 Å². The lowest BCUT2D eigenvalue weighted by Gasteiger charge is -2.17. The maximum atomic E-state index is 10.6. The first kappa shape index (κ1) is 18.1. The van der Waals surface area contributed by atoms with Gasteiger partial charge < -0.3 is 9.84 Å². The standard InChI is InChI=1S/C20H19ClO3/c1-14-9-10-17(15-7-5-4-6-8-15)19(21)16(14)11-12-20(2,3)24-13-18(22)23/h4-10H,13H2,1-3H3,(H,22,23). The minimum absolute atomic E-state index is 0.390. The summed E-state index contributed by atoms with van der Waals surface area (Å²) in [7, 11) is 0. The van der Waals surface area contributed by atoms with Crippen molar-refractivity contribution in [2.24, 2.45) is 0 Å². The lowest BCUT2D eigenvalue weighted by molar-refractivity contribution is -0.145. The summed E-state index contributed by atoms with van der Waals surface area (Å²) in [5.41, 5.74) is 2.74. The number of carboxylic acids is 1. The molecular formula is C20H19ClO3. The average molecular weight is 343 g/mol. The Bertz CT molecular complexity index is 799. The summed E-state index contributed by atoms with van der Waals surface area (Å²) in [4.78, 5) is 10.6. The molecule has 0 fully saturated rings. The van der Waals surface area contributed by atoms with Gasteiger partial charge in [-0.25, -0.2) is 4.79 Å². The zero-order valence-electron chi connectivity index (χ0n) is 13.9. The Morgan fingerprint density at radius 3 is 2.50 bits per heavy atom. The SMILES string of the molecule is Cc1ccc(-c2ccccc2)c(Cl)c1C#CC(C)(C)OCC(=O)O. The molecule has 0 amide bonds. The number of aliphatic carboxylic acids is 1. The third-order valence-electron chi connectivity index (χ3n) is 3.48. The zero-order valence-corrected chi connectivity index (χ0v) is 14.6. The molecule has 0 aromatic heterocycles. The van der Waals surface area contributed by atoms with Crippen LogP contribution in [0.15, 0.2) is 42.5 Å². The summed E-state index contributed by atoms with van der Waals surface area (Å²) < 4.78 is 5.29. The van der Waals surface area contributed by atoms with Crippen LogP contribution in [0.4, 0.5) is 0 Å². The molecule has 0 heterocycles. The number of rotatable bonds is 4. The van der Waals surface area contributed by atoms with Crippen LogP contribution >= 0.6 is 11.6 Å². The number of ether oxygens (including phenoxy) is 1. The van der Waals surface area contributed by atoms with Crippen LogP contribution in [0, 0.1) is 18.8 Å². The van der Waals surface area contributed by atoms with Gasteiger partial charge in [0, 0.05) is 11.1 Å². The lowest BCUT2D eigenvalue weighted by atomic mass is 9.99. The number of carbonyl (C=O) groups is 1. The van der Waals surface area contributed by atoms with E-state index in [0.717, 1.165) is 22.3 Å². The van der Waals surface area contributed by atoms with E-state index in [-0.39, 0.29) is 0 Å². The normalized spacial score (nSPS) is 10.8. The van der Waals surface area contributed by atoms with Gasteiger partial charge in [-0.05, 0) is 31.9 Å². The molecule has 0 saturated carbocycles. The fraction of sp³-hybridized carbons (Fsp3) is 0.250. The van der Waals surface area contributed by atoms with Gasteiger partial charge in [-0.3, -0.25) is 0 Å². The summed E-state index contributed by atoms with van der Waals surface area (Å²) >= 11 is 6.57.